The number of benzene rings is 2. The zero-order chi connectivity index (χ0) is 13.0. The van der Waals surface area contributed by atoms with Crippen LogP contribution in [-0.4, -0.2) is 8.42 Å². The Kier molecular flexibility index (Phi) is 3.59. The van der Waals surface area contributed by atoms with E-state index in [1.807, 2.05) is 0 Å². The molecule has 4 nitrogen and oxygen atoms in total. The second-order valence-electron chi connectivity index (χ2n) is 3.46. The van der Waals surface area contributed by atoms with Crippen LogP contribution in [0.15, 0.2) is 59.5 Å². The van der Waals surface area contributed by atoms with E-state index in [9.17, 15) is 12.8 Å². The van der Waals surface area contributed by atoms with E-state index in [-0.39, 0.29) is 4.90 Å². The van der Waals surface area contributed by atoms with E-state index in [2.05, 4.69) is 9.76 Å². The van der Waals surface area contributed by atoms with Gasteiger partial charge in [-0.2, -0.15) is 8.42 Å². The predicted octanol–water partition coefficient (Wildman–Crippen LogP) is 2.56. The summed E-state index contributed by atoms with van der Waals surface area (Å²) in [4.78, 5) is -0.118. The van der Waals surface area contributed by atoms with Crippen LogP contribution in [0.1, 0.15) is 0 Å². The van der Waals surface area contributed by atoms with Crippen LogP contribution in [0.2, 0.25) is 0 Å². The Balaban J connectivity index is 2.11. The minimum Gasteiger partial charge on any atom is -0.249 e. The highest BCUT2D eigenvalue weighted by molar-refractivity contribution is 7.86. The van der Waals surface area contributed by atoms with Crippen molar-refractivity contribution in [2.24, 2.45) is 0 Å². The second kappa shape index (κ2) is 5.16. The average Bonchev–Trinajstić information content (AvgIpc) is 2.38. The molecule has 0 unspecified atom stereocenters. The summed E-state index contributed by atoms with van der Waals surface area (Å²) in [5.41, 5.74) is 2.82. The molecule has 0 amide bonds. The molecular formula is C12H10FNO3S. The fourth-order valence-electron chi connectivity index (χ4n) is 1.26. The van der Waals surface area contributed by atoms with Gasteiger partial charge in [-0.15, -0.1) is 4.28 Å². The lowest BCUT2D eigenvalue weighted by atomic mass is 10.3. The van der Waals surface area contributed by atoms with Crippen LogP contribution in [0.25, 0.3) is 0 Å². The van der Waals surface area contributed by atoms with Crippen molar-refractivity contribution in [1.82, 2.24) is 0 Å². The molecule has 2 aromatic rings. The molecule has 0 fully saturated rings. The summed E-state index contributed by atoms with van der Waals surface area (Å²) in [5, 5.41) is 0. The van der Waals surface area contributed by atoms with Gasteiger partial charge in [0.25, 0.3) is 0 Å². The Bertz CT molecular complexity index is 612. The highest BCUT2D eigenvalue weighted by atomic mass is 32.2. The molecule has 0 aromatic heterocycles. The first-order chi connectivity index (χ1) is 8.58. The maximum absolute atomic E-state index is 12.7. The summed E-state index contributed by atoms with van der Waals surface area (Å²) in [5.74, 6) is -0.509. The van der Waals surface area contributed by atoms with Crippen LogP contribution >= 0.6 is 0 Å². The molecule has 18 heavy (non-hydrogen) atoms. The number of hydrogen-bond acceptors (Lipinski definition) is 4. The van der Waals surface area contributed by atoms with Crippen LogP contribution < -0.4 is 5.48 Å². The van der Waals surface area contributed by atoms with Crippen molar-refractivity contribution in [2.75, 3.05) is 5.48 Å². The number of nitrogens with one attached hydrogen (secondary N) is 1. The molecule has 0 aliphatic rings. The molecule has 0 bridgehead atoms. The Morgan fingerprint density at radius 2 is 1.56 bits per heavy atom. The monoisotopic (exact) mass is 267 g/mol. The van der Waals surface area contributed by atoms with Gasteiger partial charge in [0.15, 0.2) is 0 Å². The molecule has 0 saturated heterocycles. The van der Waals surface area contributed by atoms with Crippen molar-refractivity contribution in [2.45, 2.75) is 4.90 Å². The van der Waals surface area contributed by atoms with Gasteiger partial charge in [-0.05, 0) is 36.4 Å². The topological polar surface area (TPSA) is 55.4 Å². The van der Waals surface area contributed by atoms with Gasteiger partial charge in [0.2, 0.25) is 0 Å². The molecule has 1 N–H and O–H groups in total. The largest absolute Gasteiger partial charge is 0.317 e. The van der Waals surface area contributed by atoms with Crippen LogP contribution in [-0.2, 0) is 14.4 Å². The highest BCUT2D eigenvalue weighted by Gasteiger charge is 2.15. The minimum absolute atomic E-state index is 0.118. The zero-order valence-electron chi connectivity index (χ0n) is 9.21. The van der Waals surface area contributed by atoms with E-state index in [4.69, 9.17) is 0 Å². The highest BCUT2D eigenvalue weighted by Crippen LogP contribution is 2.14. The van der Waals surface area contributed by atoms with Gasteiger partial charge in [0, 0.05) is 0 Å². The third kappa shape index (κ3) is 3.06. The second-order valence-corrected chi connectivity index (χ2v) is 5.01. The first-order valence-electron chi connectivity index (χ1n) is 5.08. The number of para-hydroxylation sites is 1. The fraction of sp³-hybridized carbons (Fsp3) is 0. The van der Waals surface area contributed by atoms with E-state index < -0.39 is 15.9 Å². The molecule has 0 aliphatic carbocycles. The first-order valence-corrected chi connectivity index (χ1v) is 6.49. The Morgan fingerprint density at radius 3 is 2.17 bits per heavy atom. The van der Waals surface area contributed by atoms with E-state index >= 15 is 0 Å². The average molecular weight is 267 g/mol. The lowest BCUT2D eigenvalue weighted by Gasteiger charge is -2.07. The molecule has 0 radical (unpaired) electrons. The smallest absolute Gasteiger partial charge is 0.249 e. The molecule has 2 rings (SSSR count). The van der Waals surface area contributed by atoms with Gasteiger partial charge in [0.1, 0.15) is 5.82 Å². The molecular weight excluding hydrogens is 257 g/mol. The SMILES string of the molecule is O=S(=O)(ONc1ccccc1)c1ccc(F)cc1. The minimum atomic E-state index is -3.95. The molecule has 2 aromatic carbocycles. The fourth-order valence-corrected chi connectivity index (χ4v) is 2.03. The Labute approximate surface area is 104 Å². The van der Waals surface area contributed by atoms with Gasteiger partial charge in [-0.3, -0.25) is 0 Å². The first kappa shape index (κ1) is 12.5. The quantitative estimate of drug-likeness (QED) is 0.865. The number of halogens is 1. The summed E-state index contributed by atoms with van der Waals surface area (Å²) in [6.45, 7) is 0. The molecule has 0 atom stereocenters. The molecule has 6 heteroatoms. The van der Waals surface area contributed by atoms with E-state index in [1.165, 1.54) is 0 Å². The summed E-state index contributed by atoms with van der Waals surface area (Å²) in [7, 11) is -3.95. The number of anilines is 1. The van der Waals surface area contributed by atoms with Gasteiger partial charge in [0.05, 0.1) is 10.6 Å². The van der Waals surface area contributed by atoms with Crippen molar-refractivity contribution in [3.05, 3.63) is 60.4 Å². The van der Waals surface area contributed by atoms with Gasteiger partial charge in [-0.25, -0.2) is 9.87 Å². The van der Waals surface area contributed by atoms with Crippen molar-refractivity contribution in [3.8, 4) is 0 Å². The van der Waals surface area contributed by atoms with Crippen molar-refractivity contribution >= 4 is 15.8 Å². The summed E-state index contributed by atoms with van der Waals surface area (Å²) in [6.07, 6.45) is 0. The van der Waals surface area contributed by atoms with Crippen LogP contribution in [0, 0.1) is 5.82 Å². The lowest BCUT2D eigenvalue weighted by Crippen LogP contribution is -2.11. The Morgan fingerprint density at radius 1 is 0.944 bits per heavy atom. The Hall–Kier alpha value is -1.92. The summed E-state index contributed by atoms with van der Waals surface area (Å²) in [6, 6.07) is 12.9. The van der Waals surface area contributed by atoms with Crippen molar-refractivity contribution < 1.29 is 17.1 Å². The van der Waals surface area contributed by atoms with Crippen molar-refractivity contribution in [1.29, 1.82) is 0 Å². The molecule has 0 spiro atoms. The summed E-state index contributed by atoms with van der Waals surface area (Å²) < 4.78 is 40.7. The van der Waals surface area contributed by atoms with Crippen LogP contribution in [0.3, 0.4) is 0 Å². The van der Waals surface area contributed by atoms with Crippen molar-refractivity contribution in [3.63, 3.8) is 0 Å². The molecule has 0 heterocycles. The van der Waals surface area contributed by atoms with Gasteiger partial charge in [-0.1, -0.05) is 18.2 Å². The van der Waals surface area contributed by atoms with Gasteiger partial charge < -0.3 is 0 Å². The van der Waals surface area contributed by atoms with Gasteiger partial charge >= 0.3 is 10.1 Å². The van der Waals surface area contributed by atoms with E-state index in [0.717, 1.165) is 24.3 Å². The van der Waals surface area contributed by atoms with Crippen LogP contribution in [0.5, 0.6) is 0 Å². The standard InChI is InChI=1S/C12H10FNO3S/c13-10-6-8-12(9-7-10)18(15,16)17-14-11-4-2-1-3-5-11/h1-9,14H. The third-order valence-electron chi connectivity index (χ3n) is 2.15. The van der Waals surface area contributed by atoms with E-state index in [0.29, 0.717) is 5.69 Å². The lowest BCUT2D eigenvalue weighted by molar-refractivity contribution is 0.390. The number of rotatable bonds is 4. The number of hydrogen-bond donors (Lipinski definition) is 1. The molecule has 0 saturated carbocycles. The zero-order valence-corrected chi connectivity index (χ0v) is 10.0. The summed E-state index contributed by atoms with van der Waals surface area (Å²) >= 11 is 0. The van der Waals surface area contributed by atoms with E-state index in [1.54, 1.807) is 30.3 Å². The predicted molar refractivity (Wildman–Crippen MR) is 64.7 cm³/mol. The maximum atomic E-state index is 12.7. The normalized spacial score (nSPS) is 11.2. The molecule has 0 aliphatic heterocycles. The maximum Gasteiger partial charge on any atom is 0.317 e. The molecule has 94 valence electrons. The van der Waals surface area contributed by atoms with Crippen LogP contribution in [0.4, 0.5) is 10.1 Å². The third-order valence-corrected chi connectivity index (χ3v) is 3.30.